The van der Waals surface area contributed by atoms with E-state index in [1.54, 1.807) is 0 Å². The Kier molecular flexibility index (Phi) is 12.1. The summed E-state index contributed by atoms with van der Waals surface area (Å²) in [4.78, 5) is 2.47. The maximum Gasteiger partial charge on any atom is 0.0541 e. The molecule has 0 spiro atoms. The summed E-state index contributed by atoms with van der Waals surface area (Å²) < 4.78 is 2.52. The molecule has 1 heterocycles. The van der Waals surface area contributed by atoms with E-state index in [-0.39, 0.29) is 5.41 Å². The van der Waals surface area contributed by atoms with Crippen molar-refractivity contribution in [2.24, 2.45) is 0 Å². The van der Waals surface area contributed by atoms with Crippen LogP contribution in [0, 0.1) is 0 Å². The van der Waals surface area contributed by atoms with Crippen LogP contribution in [-0.2, 0) is 5.41 Å². The number of benzene rings is 10. The van der Waals surface area contributed by atoms with Gasteiger partial charge in [0.25, 0.3) is 0 Å². The molecule has 0 N–H and O–H groups in total. The third kappa shape index (κ3) is 8.60. The molecule has 2 fully saturated rings. The first-order valence-corrected chi connectivity index (χ1v) is 28.6. The third-order valence-electron chi connectivity index (χ3n) is 18.0. The van der Waals surface area contributed by atoms with Gasteiger partial charge >= 0.3 is 0 Å². The second-order valence-corrected chi connectivity index (χ2v) is 22.9. The Hall–Kier alpha value is -8.20. The summed E-state index contributed by atoms with van der Waals surface area (Å²) in [6.07, 6.45) is 13.4. The van der Waals surface area contributed by atoms with Gasteiger partial charge in [0.2, 0.25) is 0 Å². The number of rotatable bonds is 10. The van der Waals surface area contributed by atoms with Gasteiger partial charge in [-0.25, -0.2) is 0 Å². The van der Waals surface area contributed by atoms with Crippen molar-refractivity contribution in [2.45, 2.75) is 95.3 Å². The maximum atomic E-state index is 2.56. The van der Waals surface area contributed by atoms with Crippen LogP contribution in [0.5, 0.6) is 0 Å². The summed E-state index contributed by atoms with van der Waals surface area (Å²) in [5, 5.41) is 2.82. The SMILES string of the molecule is CC1(C)c2ccccc2-c2ccc(N(c3ccc(-c4ccc(-c5ccc(-n6c7ccc(C8CCCCC8)cc7c7cc(C8CCCCC8)ccc76)cc5)cc4)cc3)c3ccc(-c4ccccc4)cc3-c3ccccc3)cc21. The van der Waals surface area contributed by atoms with Crippen LogP contribution >= 0.6 is 0 Å². The number of hydrogen-bond acceptors (Lipinski definition) is 1. The molecule has 0 atom stereocenters. The average molecular weight is 995 g/mol. The number of anilines is 3. The van der Waals surface area contributed by atoms with Crippen molar-refractivity contribution >= 4 is 38.9 Å². The number of fused-ring (bicyclic) bond motifs is 6. The molecule has 2 heteroatoms. The normalized spacial score (nSPS) is 15.4. The van der Waals surface area contributed by atoms with E-state index < -0.39 is 0 Å². The molecular formula is C75H66N2. The topological polar surface area (TPSA) is 8.17 Å². The number of aromatic nitrogens is 1. The lowest BCUT2D eigenvalue weighted by molar-refractivity contribution is 0.444. The number of hydrogen-bond donors (Lipinski definition) is 0. The minimum atomic E-state index is -0.131. The van der Waals surface area contributed by atoms with Crippen LogP contribution in [-0.4, -0.2) is 4.57 Å². The molecule has 3 aliphatic carbocycles. The lowest BCUT2D eigenvalue weighted by Gasteiger charge is -2.30. The van der Waals surface area contributed by atoms with Crippen molar-refractivity contribution in [3.63, 3.8) is 0 Å². The third-order valence-corrected chi connectivity index (χ3v) is 18.0. The molecule has 14 rings (SSSR count). The van der Waals surface area contributed by atoms with Crippen LogP contribution in [0.4, 0.5) is 17.1 Å². The molecule has 11 aromatic rings. The van der Waals surface area contributed by atoms with E-state index in [0.29, 0.717) is 11.8 Å². The summed E-state index contributed by atoms with van der Waals surface area (Å²) >= 11 is 0. The fourth-order valence-electron chi connectivity index (χ4n) is 13.8. The molecule has 77 heavy (non-hydrogen) atoms. The number of nitrogens with zero attached hydrogens (tertiary/aromatic N) is 2. The van der Waals surface area contributed by atoms with Crippen molar-refractivity contribution in [3.05, 3.63) is 253 Å². The molecule has 3 aliphatic rings. The Bertz CT molecular complexity index is 3850. The van der Waals surface area contributed by atoms with E-state index in [1.807, 2.05) is 0 Å². The van der Waals surface area contributed by atoms with Crippen LogP contribution in [0.25, 0.3) is 83.1 Å². The minimum Gasteiger partial charge on any atom is -0.310 e. The van der Waals surface area contributed by atoms with Gasteiger partial charge in [0.05, 0.1) is 16.7 Å². The van der Waals surface area contributed by atoms with Gasteiger partial charge in [-0.1, -0.05) is 210 Å². The maximum absolute atomic E-state index is 2.56. The molecule has 2 saturated carbocycles. The quantitative estimate of drug-likeness (QED) is 0.133. The summed E-state index contributed by atoms with van der Waals surface area (Å²) in [7, 11) is 0. The molecule has 0 aliphatic heterocycles. The highest BCUT2D eigenvalue weighted by Crippen LogP contribution is 2.52. The van der Waals surface area contributed by atoms with Crippen LogP contribution in [0.2, 0.25) is 0 Å². The van der Waals surface area contributed by atoms with E-state index in [9.17, 15) is 0 Å². The first-order chi connectivity index (χ1) is 37.9. The smallest absolute Gasteiger partial charge is 0.0541 e. The molecular weight excluding hydrogens is 929 g/mol. The van der Waals surface area contributed by atoms with Gasteiger partial charge in [-0.3, -0.25) is 0 Å². The fourth-order valence-corrected chi connectivity index (χ4v) is 13.8. The lowest BCUT2D eigenvalue weighted by Crippen LogP contribution is -2.17. The van der Waals surface area contributed by atoms with E-state index in [0.717, 1.165) is 17.1 Å². The Morgan fingerprint density at radius 2 is 0.818 bits per heavy atom. The Labute approximate surface area is 455 Å². The molecule has 2 nitrogen and oxygen atoms in total. The molecule has 10 aromatic carbocycles. The monoisotopic (exact) mass is 995 g/mol. The first-order valence-electron chi connectivity index (χ1n) is 28.6. The van der Waals surface area contributed by atoms with Crippen LogP contribution in [0.15, 0.2) is 231 Å². The second-order valence-electron chi connectivity index (χ2n) is 22.9. The molecule has 376 valence electrons. The van der Waals surface area contributed by atoms with Gasteiger partial charge in [-0.15, -0.1) is 0 Å². The molecule has 0 saturated heterocycles. The summed E-state index contributed by atoms with van der Waals surface area (Å²) in [6.45, 7) is 4.74. The molecule has 0 bridgehead atoms. The molecule has 0 unspecified atom stereocenters. The van der Waals surface area contributed by atoms with Gasteiger partial charge in [-0.2, -0.15) is 0 Å². The first kappa shape index (κ1) is 47.3. The van der Waals surface area contributed by atoms with E-state index in [4.69, 9.17) is 0 Å². The summed E-state index contributed by atoms with van der Waals surface area (Å²) in [5.74, 6) is 1.36. The van der Waals surface area contributed by atoms with Gasteiger partial charge in [0.15, 0.2) is 0 Å². The van der Waals surface area contributed by atoms with Crippen molar-refractivity contribution in [1.82, 2.24) is 4.57 Å². The predicted molar refractivity (Wildman–Crippen MR) is 326 cm³/mol. The molecule has 0 amide bonds. The Morgan fingerprint density at radius 1 is 0.351 bits per heavy atom. The van der Waals surface area contributed by atoms with E-state index in [1.165, 1.54) is 170 Å². The van der Waals surface area contributed by atoms with Gasteiger partial charge in [0, 0.05) is 38.8 Å². The van der Waals surface area contributed by atoms with Gasteiger partial charge < -0.3 is 9.47 Å². The van der Waals surface area contributed by atoms with Crippen LogP contribution in [0.1, 0.15) is 112 Å². The van der Waals surface area contributed by atoms with Crippen LogP contribution < -0.4 is 4.90 Å². The Morgan fingerprint density at radius 3 is 1.40 bits per heavy atom. The van der Waals surface area contributed by atoms with Crippen molar-refractivity contribution in [1.29, 1.82) is 0 Å². The summed E-state index contributed by atoms with van der Waals surface area (Å²) in [5.41, 5.74) is 25.1. The largest absolute Gasteiger partial charge is 0.310 e. The highest BCUT2D eigenvalue weighted by Gasteiger charge is 2.36. The van der Waals surface area contributed by atoms with Gasteiger partial charge in [-0.05, 0) is 183 Å². The minimum absolute atomic E-state index is 0.131. The zero-order chi connectivity index (χ0) is 51.5. The molecule has 1 aromatic heterocycles. The zero-order valence-corrected chi connectivity index (χ0v) is 44.6. The highest BCUT2D eigenvalue weighted by molar-refractivity contribution is 6.10. The van der Waals surface area contributed by atoms with E-state index in [2.05, 4.69) is 254 Å². The van der Waals surface area contributed by atoms with Crippen molar-refractivity contribution < 1.29 is 0 Å². The average Bonchev–Trinajstić information content (AvgIpc) is 4.09. The predicted octanol–water partition coefficient (Wildman–Crippen LogP) is 21.3. The van der Waals surface area contributed by atoms with Crippen molar-refractivity contribution in [3.8, 4) is 61.3 Å². The zero-order valence-electron chi connectivity index (χ0n) is 44.6. The summed E-state index contributed by atoms with van der Waals surface area (Å²) in [6, 6.07) is 87.1. The lowest BCUT2D eigenvalue weighted by atomic mass is 9.82. The fraction of sp³-hybridized carbons (Fsp3) is 0.200. The van der Waals surface area contributed by atoms with Crippen LogP contribution in [0.3, 0.4) is 0 Å². The van der Waals surface area contributed by atoms with E-state index >= 15 is 0 Å². The van der Waals surface area contributed by atoms with Gasteiger partial charge in [0.1, 0.15) is 0 Å². The molecule has 0 radical (unpaired) electrons. The second kappa shape index (κ2) is 19.7. The van der Waals surface area contributed by atoms with Crippen molar-refractivity contribution in [2.75, 3.05) is 4.90 Å². The Balaban J connectivity index is 0.792. The highest BCUT2D eigenvalue weighted by atomic mass is 15.1. The standard InChI is InChI=1S/C75H66N2/c1-75(2)70-26-16-15-25-65(70)66-43-42-64(50-71(66)75)76(72-44-35-59(51-17-7-3-8-18-51)47-67(72)58-23-13-6-14-24-58)62-38-31-56(32-39-62)54-27-29-55(30-28-54)57-33-40-63(41-34-57)77-73-45-36-60(52-19-9-4-10-20-52)48-68(73)69-49-61(37-46-74(69)77)53-21-11-5-12-22-53/h3,6-8,13-18,23-50,52-53H,4-5,9-12,19-22H2,1-2H3.